The molecule has 1 aliphatic heterocycles. The Kier molecular flexibility index (Phi) is 7.75. The fourth-order valence-electron chi connectivity index (χ4n) is 2.74. The topological polar surface area (TPSA) is 80.8 Å². The number of amides is 1. The van der Waals surface area contributed by atoms with E-state index in [1.165, 1.54) is 12.0 Å². The zero-order valence-corrected chi connectivity index (χ0v) is 15.0. The van der Waals surface area contributed by atoms with Gasteiger partial charge in [-0.3, -0.25) is 9.59 Å². The van der Waals surface area contributed by atoms with Crippen molar-refractivity contribution in [2.45, 2.75) is 39.5 Å². The van der Waals surface area contributed by atoms with E-state index in [1.54, 1.807) is 6.08 Å². The van der Waals surface area contributed by atoms with E-state index in [-0.39, 0.29) is 30.5 Å². The van der Waals surface area contributed by atoms with Crippen molar-refractivity contribution in [2.75, 3.05) is 31.7 Å². The van der Waals surface area contributed by atoms with Crippen LogP contribution in [0.25, 0.3) is 0 Å². The van der Waals surface area contributed by atoms with Gasteiger partial charge in [0.15, 0.2) is 9.84 Å². The number of nitrogens with zero attached hydrogens (tertiary/aromatic N) is 1. The van der Waals surface area contributed by atoms with Crippen molar-refractivity contribution in [1.29, 1.82) is 0 Å². The summed E-state index contributed by atoms with van der Waals surface area (Å²) >= 11 is 0. The lowest BCUT2D eigenvalue weighted by molar-refractivity contribution is -0.145. The molecule has 0 aliphatic carbocycles. The Morgan fingerprint density at radius 1 is 1.22 bits per heavy atom. The molecule has 0 radical (unpaired) electrons. The maximum atomic E-state index is 12.5. The Hall–Kier alpha value is -1.37. The minimum Gasteiger partial charge on any atom is -0.469 e. The van der Waals surface area contributed by atoms with Gasteiger partial charge >= 0.3 is 5.97 Å². The van der Waals surface area contributed by atoms with Gasteiger partial charge in [0.25, 0.3) is 0 Å². The molecule has 7 heteroatoms. The van der Waals surface area contributed by atoms with Gasteiger partial charge in [-0.15, -0.1) is 0 Å². The zero-order valence-electron chi connectivity index (χ0n) is 14.2. The molecule has 1 saturated heterocycles. The molecule has 0 spiro atoms. The Balaban J connectivity index is 2.94. The predicted octanol–water partition coefficient (Wildman–Crippen LogP) is 1.56. The van der Waals surface area contributed by atoms with Gasteiger partial charge in [0.2, 0.25) is 5.91 Å². The summed E-state index contributed by atoms with van der Waals surface area (Å²) in [6.45, 7) is 4.32. The van der Waals surface area contributed by atoms with E-state index in [4.69, 9.17) is 0 Å². The summed E-state index contributed by atoms with van der Waals surface area (Å²) in [5, 5.41) is 0. The second-order valence-corrected chi connectivity index (χ2v) is 8.15. The Labute approximate surface area is 138 Å². The molecule has 0 aromatic rings. The number of allylic oxidation sites excluding steroid dienone is 1. The van der Waals surface area contributed by atoms with E-state index in [2.05, 4.69) is 18.6 Å². The van der Waals surface area contributed by atoms with Crippen LogP contribution in [0.5, 0.6) is 0 Å². The summed E-state index contributed by atoms with van der Waals surface area (Å²) < 4.78 is 28.5. The fraction of sp³-hybridized carbons (Fsp3) is 0.750. The van der Waals surface area contributed by atoms with Crippen molar-refractivity contribution in [3.05, 3.63) is 11.6 Å². The molecule has 132 valence electrons. The van der Waals surface area contributed by atoms with Crippen molar-refractivity contribution in [3.8, 4) is 0 Å². The second-order valence-electron chi connectivity index (χ2n) is 5.92. The zero-order chi connectivity index (χ0) is 17.5. The molecule has 0 aromatic carbocycles. The number of rotatable bonds is 6. The van der Waals surface area contributed by atoms with Crippen LogP contribution in [0.2, 0.25) is 0 Å². The molecule has 1 aliphatic rings. The summed E-state index contributed by atoms with van der Waals surface area (Å²) in [7, 11) is -2.13. The largest absolute Gasteiger partial charge is 0.469 e. The molecular formula is C16H27NO5S. The highest BCUT2D eigenvalue weighted by Crippen LogP contribution is 2.16. The van der Waals surface area contributed by atoms with Crippen LogP contribution in [-0.2, 0) is 24.2 Å². The van der Waals surface area contributed by atoms with E-state index in [0.29, 0.717) is 0 Å². The van der Waals surface area contributed by atoms with Crippen LogP contribution in [0.3, 0.4) is 0 Å². The highest BCUT2D eigenvalue weighted by atomic mass is 32.2. The van der Waals surface area contributed by atoms with E-state index < -0.39 is 21.7 Å². The maximum Gasteiger partial charge on any atom is 0.311 e. The average Bonchev–Trinajstić information content (AvgIpc) is 2.65. The lowest BCUT2D eigenvalue weighted by Crippen LogP contribution is -2.37. The third kappa shape index (κ3) is 6.33. The predicted molar refractivity (Wildman–Crippen MR) is 88.6 cm³/mol. The molecule has 23 heavy (non-hydrogen) atoms. The van der Waals surface area contributed by atoms with Crippen molar-refractivity contribution in [2.24, 2.45) is 5.92 Å². The van der Waals surface area contributed by atoms with Crippen LogP contribution in [0, 0.1) is 5.92 Å². The van der Waals surface area contributed by atoms with Crippen LogP contribution in [0.4, 0.5) is 0 Å². The first kappa shape index (κ1) is 19.7. The SMILES string of the molecule is CCCC(=CC(=O)N1CCS(=O)(=O)CC(C(=O)OC)C1)CCC. The molecule has 1 heterocycles. The van der Waals surface area contributed by atoms with E-state index in [1.807, 2.05) is 0 Å². The third-order valence-corrected chi connectivity index (χ3v) is 5.60. The van der Waals surface area contributed by atoms with Gasteiger partial charge in [0.05, 0.1) is 24.5 Å². The normalized spacial score (nSPS) is 20.5. The second kappa shape index (κ2) is 9.05. The molecule has 1 unspecified atom stereocenters. The molecule has 1 rings (SSSR count). The third-order valence-electron chi connectivity index (χ3n) is 3.88. The molecule has 1 fully saturated rings. The number of esters is 1. The number of hydrogen-bond acceptors (Lipinski definition) is 5. The Morgan fingerprint density at radius 2 is 1.83 bits per heavy atom. The number of hydrogen-bond donors (Lipinski definition) is 0. The summed E-state index contributed by atoms with van der Waals surface area (Å²) in [5.41, 5.74) is 1.07. The lowest BCUT2D eigenvalue weighted by Gasteiger charge is -2.22. The number of carbonyl (C=O) groups excluding carboxylic acids is 2. The highest BCUT2D eigenvalue weighted by Gasteiger charge is 2.33. The summed E-state index contributed by atoms with van der Waals surface area (Å²) in [5.74, 6) is -1.99. The van der Waals surface area contributed by atoms with Crippen LogP contribution in [0.15, 0.2) is 11.6 Å². The van der Waals surface area contributed by atoms with Gasteiger partial charge in [-0.25, -0.2) is 8.42 Å². The van der Waals surface area contributed by atoms with Gasteiger partial charge in [0, 0.05) is 19.2 Å². The summed E-state index contributed by atoms with van der Waals surface area (Å²) in [4.78, 5) is 25.7. The quantitative estimate of drug-likeness (QED) is 0.539. The van der Waals surface area contributed by atoms with Gasteiger partial charge in [0.1, 0.15) is 0 Å². The first-order valence-corrected chi connectivity index (χ1v) is 9.91. The number of carbonyl (C=O) groups is 2. The Bertz CT molecular complexity index is 545. The molecule has 0 bridgehead atoms. The van der Waals surface area contributed by atoms with Crippen molar-refractivity contribution >= 4 is 21.7 Å². The first-order chi connectivity index (χ1) is 10.8. The van der Waals surface area contributed by atoms with E-state index in [0.717, 1.165) is 31.3 Å². The highest BCUT2D eigenvalue weighted by molar-refractivity contribution is 7.91. The summed E-state index contributed by atoms with van der Waals surface area (Å²) in [6.07, 6.45) is 5.23. The molecule has 1 atom stereocenters. The monoisotopic (exact) mass is 345 g/mol. The van der Waals surface area contributed by atoms with E-state index in [9.17, 15) is 18.0 Å². The number of ether oxygens (including phenoxy) is 1. The molecule has 1 amide bonds. The van der Waals surface area contributed by atoms with Crippen LogP contribution in [-0.4, -0.2) is 56.9 Å². The number of sulfone groups is 1. The van der Waals surface area contributed by atoms with Crippen molar-refractivity contribution < 1.29 is 22.7 Å². The number of methoxy groups -OCH3 is 1. The standard InChI is InChI=1S/C16H27NO5S/c1-4-6-13(7-5-2)10-15(18)17-8-9-23(20,21)12-14(11-17)16(19)22-3/h10,14H,4-9,11-12H2,1-3H3. The minimum absolute atomic E-state index is 0.0900. The van der Waals surface area contributed by atoms with Crippen LogP contribution >= 0.6 is 0 Å². The smallest absolute Gasteiger partial charge is 0.311 e. The van der Waals surface area contributed by atoms with Crippen molar-refractivity contribution in [3.63, 3.8) is 0 Å². The van der Waals surface area contributed by atoms with Gasteiger partial charge in [-0.1, -0.05) is 32.3 Å². The van der Waals surface area contributed by atoms with Crippen LogP contribution < -0.4 is 0 Å². The fourth-order valence-corrected chi connectivity index (χ4v) is 4.26. The maximum absolute atomic E-state index is 12.5. The van der Waals surface area contributed by atoms with Gasteiger partial charge in [-0.2, -0.15) is 0 Å². The molecule has 0 saturated carbocycles. The van der Waals surface area contributed by atoms with Gasteiger partial charge < -0.3 is 9.64 Å². The molecule has 0 N–H and O–H groups in total. The van der Waals surface area contributed by atoms with Crippen LogP contribution in [0.1, 0.15) is 39.5 Å². The molecular weight excluding hydrogens is 318 g/mol. The van der Waals surface area contributed by atoms with Gasteiger partial charge in [-0.05, 0) is 12.8 Å². The average molecular weight is 345 g/mol. The Morgan fingerprint density at radius 3 is 2.35 bits per heavy atom. The molecule has 6 nitrogen and oxygen atoms in total. The summed E-state index contributed by atoms with van der Waals surface area (Å²) in [6, 6.07) is 0. The molecule has 0 aromatic heterocycles. The van der Waals surface area contributed by atoms with Crippen molar-refractivity contribution in [1.82, 2.24) is 4.90 Å². The van der Waals surface area contributed by atoms with E-state index >= 15 is 0 Å². The lowest BCUT2D eigenvalue weighted by atomic mass is 10.0. The first-order valence-electron chi connectivity index (χ1n) is 8.09. The minimum atomic E-state index is -3.35.